The SMILES string of the molecule is C=C(Cl)Cc1ccc(C(F)(F)F)cc1. The summed E-state index contributed by atoms with van der Waals surface area (Å²) >= 11 is 5.53. The molecule has 0 amide bonds. The zero-order chi connectivity index (χ0) is 10.8. The Morgan fingerprint density at radius 2 is 1.71 bits per heavy atom. The van der Waals surface area contributed by atoms with Gasteiger partial charge in [-0.15, -0.1) is 0 Å². The molecule has 0 saturated heterocycles. The third-order valence-electron chi connectivity index (χ3n) is 1.68. The fourth-order valence-electron chi connectivity index (χ4n) is 1.03. The van der Waals surface area contributed by atoms with Gasteiger partial charge in [-0.2, -0.15) is 13.2 Å². The van der Waals surface area contributed by atoms with Crippen molar-refractivity contribution in [2.45, 2.75) is 12.6 Å². The minimum Gasteiger partial charge on any atom is -0.166 e. The van der Waals surface area contributed by atoms with Crippen LogP contribution in [0.5, 0.6) is 0 Å². The maximum Gasteiger partial charge on any atom is 0.416 e. The molecule has 76 valence electrons. The second-order valence-electron chi connectivity index (χ2n) is 2.89. The summed E-state index contributed by atoms with van der Waals surface area (Å²) < 4.78 is 36.4. The molecule has 0 unspecified atom stereocenters. The molecule has 0 aromatic heterocycles. The van der Waals surface area contributed by atoms with Crippen LogP contribution in [0.2, 0.25) is 0 Å². The molecule has 0 bridgehead atoms. The number of allylic oxidation sites excluding steroid dienone is 1. The fraction of sp³-hybridized carbons (Fsp3) is 0.200. The van der Waals surface area contributed by atoms with Gasteiger partial charge in [-0.3, -0.25) is 0 Å². The van der Waals surface area contributed by atoms with Crippen molar-refractivity contribution in [1.82, 2.24) is 0 Å². The lowest BCUT2D eigenvalue weighted by molar-refractivity contribution is -0.137. The summed E-state index contributed by atoms with van der Waals surface area (Å²) in [6, 6.07) is 4.87. The van der Waals surface area contributed by atoms with Gasteiger partial charge in [0.1, 0.15) is 0 Å². The van der Waals surface area contributed by atoms with Crippen LogP contribution < -0.4 is 0 Å². The molecule has 1 aromatic carbocycles. The van der Waals surface area contributed by atoms with E-state index in [9.17, 15) is 13.2 Å². The van der Waals surface area contributed by atoms with Gasteiger partial charge in [0.2, 0.25) is 0 Å². The molecule has 0 aliphatic heterocycles. The lowest BCUT2D eigenvalue weighted by Crippen LogP contribution is -2.04. The maximum absolute atomic E-state index is 12.1. The average Bonchev–Trinajstić information content (AvgIpc) is 2.02. The van der Waals surface area contributed by atoms with Gasteiger partial charge in [-0.25, -0.2) is 0 Å². The van der Waals surface area contributed by atoms with E-state index < -0.39 is 11.7 Å². The molecule has 0 atom stereocenters. The first-order valence-electron chi connectivity index (χ1n) is 3.89. The van der Waals surface area contributed by atoms with Crippen molar-refractivity contribution in [2.24, 2.45) is 0 Å². The van der Waals surface area contributed by atoms with Gasteiger partial charge in [0, 0.05) is 11.5 Å². The zero-order valence-electron chi connectivity index (χ0n) is 7.24. The number of hydrogen-bond acceptors (Lipinski definition) is 0. The van der Waals surface area contributed by atoms with E-state index in [1.54, 1.807) is 0 Å². The van der Waals surface area contributed by atoms with Gasteiger partial charge in [-0.1, -0.05) is 30.3 Å². The highest BCUT2D eigenvalue weighted by molar-refractivity contribution is 6.29. The van der Waals surface area contributed by atoms with E-state index in [-0.39, 0.29) is 0 Å². The molecule has 0 radical (unpaired) electrons. The van der Waals surface area contributed by atoms with Gasteiger partial charge in [-0.05, 0) is 17.7 Å². The van der Waals surface area contributed by atoms with Crippen LogP contribution in [0.3, 0.4) is 0 Å². The van der Waals surface area contributed by atoms with Gasteiger partial charge >= 0.3 is 6.18 Å². The predicted octanol–water partition coefficient (Wildman–Crippen LogP) is 4.00. The van der Waals surface area contributed by atoms with Crippen LogP contribution in [0.25, 0.3) is 0 Å². The van der Waals surface area contributed by atoms with E-state index in [0.717, 1.165) is 17.7 Å². The molecule has 0 saturated carbocycles. The van der Waals surface area contributed by atoms with Crippen molar-refractivity contribution in [3.05, 3.63) is 47.0 Å². The first kappa shape index (κ1) is 11.1. The van der Waals surface area contributed by atoms with E-state index in [2.05, 4.69) is 6.58 Å². The van der Waals surface area contributed by atoms with Crippen molar-refractivity contribution < 1.29 is 13.2 Å². The summed E-state index contributed by atoms with van der Waals surface area (Å²) in [7, 11) is 0. The lowest BCUT2D eigenvalue weighted by atomic mass is 10.1. The van der Waals surface area contributed by atoms with Crippen molar-refractivity contribution in [1.29, 1.82) is 0 Å². The zero-order valence-corrected chi connectivity index (χ0v) is 7.99. The Kier molecular flexibility index (Phi) is 3.21. The molecule has 0 aliphatic carbocycles. The average molecular weight is 221 g/mol. The van der Waals surface area contributed by atoms with Crippen LogP contribution in [-0.2, 0) is 12.6 Å². The van der Waals surface area contributed by atoms with Crippen LogP contribution in [0.15, 0.2) is 35.9 Å². The Labute approximate surface area is 85.0 Å². The Balaban J connectivity index is 2.84. The summed E-state index contributed by atoms with van der Waals surface area (Å²) in [4.78, 5) is 0. The summed E-state index contributed by atoms with van der Waals surface area (Å²) in [6.07, 6.45) is -3.89. The highest BCUT2D eigenvalue weighted by atomic mass is 35.5. The van der Waals surface area contributed by atoms with Gasteiger partial charge in [0.25, 0.3) is 0 Å². The molecular weight excluding hydrogens is 213 g/mol. The molecule has 0 nitrogen and oxygen atoms in total. The second kappa shape index (κ2) is 4.05. The molecule has 14 heavy (non-hydrogen) atoms. The number of rotatable bonds is 2. The summed E-state index contributed by atoms with van der Waals surface area (Å²) in [5, 5.41) is 0.407. The van der Waals surface area contributed by atoms with Gasteiger partial charge in [0.15, 0.2) is 0 Å². The van der Waals surface area contributed by atoms with E-state index in [4.69, 9.17) is 11.6 Å². The monoisotopic (exact) mass is 220 g/mol. The van der Waals surface area contributed by atoms with Crippen LogP contribution >= 0.6 is 11.6 Å². The quantitative estimate of drug-likeness (QED) is 0.707. The minimum atomic E-state index is -4.28. The fourth-order valence-corrected chi connectivity index (χ4v) is 1.19. The van der Waals surface area contributed by atoms with E-state index >= 15 is 0 Å². The molecule has 0 aliphatic rings. The molecule has 0 N–H and O–H groups in total. The number of hydrogen-bond donors (Lipinski definition) is 0. The van der Waals surface area contributed by atoms with Crippen molar-refractivity contribution in [3.8, 4) is 0 Å². The number of benzene rings is 1. The van der Waals surface area contributed by atoms with Crippen LogP contribution in [-0.4, -0.2) is 0 Å². The van der Waals surface area contributed by atoms with E-state index in [1.165, 1.54) is 12.1 Å². The Morgan fingerprint density at radius 1 is 1.21 bits per heavy atom. The van der Waals surface area contributed by atoms with Gasteiger partial charge < -0.3 is 0 Å². The Bertz CT molecular complexity index is 324. The van der Waals surface area contributed by atoms with E-state index in [1.807, 2.05) is 0 Å². The molecule has 1 rings (SSSR count). The topological polar surface area (TPSA) is 0 Å². The first-order chi connectivity index (χ1) is 6.39. The molecular formula is C10H8ClF3. The molecule has 0 spiro atoms. The first-order valence-corrected chi connectivity index (χ1v) is 4.27. The normalized spacial score (nSPS) is 11.4. The van der Waals surface area contributed by atoms with Gasteiger partial charge in [0.05, 0.1) is 5.56 Å². The largest absolute Gasteiger partial charge is 0.416 e. The minimum absolute atomic E-state index is 0.389. The van der Waals surface area contributed by atoms with E-state index in [0.29, 0.717) is 11.5 Å². The predicted molar refractivity (Wildman–Crippen MR) is 50.1 cm³/mol. The van der Waals surface area contributed by atoms with Crippen LogP contribution in [0.1, 0.15) is 11.1 Å². The Morgan fingerprint density at radius 3 is 2.07 bits per heavy atom. The van der Waals surface area contributed by atoms with Crippen LogP contribution in [0, 0.1) is 0 Å². The molecule has 0 fully saturated rings. The van der Waals surface area contributed by atoms with Crippen molar-refractivity contribution in [2.75, 3.05) is 0 Å². The lowest BCUT2D eigenvalue weighted by Gasteiger charge is -2.06. The molecule has 1 aromatic rings. The second-order valence-corrected chi connectivity index (χ2v) is 3.42. The maximum atomic E-state index is 12.1. The third kappa shape index (κ3) is 3.07. The van der Waals surface area contributed by atoms with Crippen molar-refractivity contribution >= 4 is 11.6 Å². The van der Waals surface area contributed by atoms with Crippen LogP contribution in [0.4, 0.5) is 13.2 Å². The summed E-state index contributed by atoms with van der Waals surface area (Å²) in [5.74, 6) is 0. The molecule has 4 heteroatoms. The standard InChI is InChI=1S/C10H8ClF3/c1-7(11)6-8-2-4-9(5-3-8)10(12,13)14/h2-5H,1,6H2. The number of halogens is 4. The highest BCUT2D eigenvalue weighted by Gasteiger charge is 2.29. The van der Waals surface area contributed by atoms with Crippen molar-refractivity contribution in [3.63, 3.8) is 0 Å². The highest BCUT2D eigenvalue weighted by Crippen LogP contribution is 2.29. The number of alkyl halides is 3. The smallest absolute Gasteiger partial charge is 0.166 e. The molecule has 0 heterocycles. The summed E-state index contributed by atoms with van der Waals surface area (Å²) in [5.41, 5.74) is 0.0689. The Hall–Kier alpha value is -0.960. The summed E-state index contributed by atoms with van der Waals surface area (Å²) in [6.45, 7) is 3.46. The third-order valence-corrected chi connectivity index (χ3v) is 1.81.